The minimum atomic E-state index is -0.346. The molecule has 0 atom stereocenters. The van der Waals surface area contributed by atoms with Crippen molar-refractivity contribution in [2.45, 2.75) is 6.54 Å². The fourth-order valence-electron chi connectivity index (χ4n) is 2.50. The van der Waals surface area contributed by atoms with Crippen LogP contribution >= 0.6 is 23.4 Å². The van der Waals surface area contributed by atoms with E-state index in [1.807, 2.05) is 0 Å². The number of anilines is 1. The normalized spacial score (nSPS) is 13.8. The van der Waals surface area contributed by atoms with Crippen molar-refractivity contribution in [1.29, 1.82) is 0 Å². The minimum Gasteiger partial charge on any atom is -0.495 e. The number of rotatable bonds is 5. The van der Waals surface area contributed by atoms with Crippen molar-refractivity contribution in [2.75, 3.05) is 18.2 Å². The Kier molecular flexibility index (Phi) is 5.49. The molecule has 1 N–H and O–H groups in total. The Morgan fingerprint density at radius 3 is 2.77 bits per heavy atom. The summed E-state index contributed by atoms with van der Waals surface area (Å²) in [5, 5.41) is 2.96. The maximum Gasteiger partial charge on any atom is 0.289 e. The van der Waals surface area contributed by atoms with Gasteiger partial charge in [0, 0.05) is 10.6 Å². The van der Waals surface area contributed by atoms with E-state index >= 15 is 0 Å². The zero-order chi connectivity index (χ0) is 18.7. The first kappa shape index (κ1) is 18.3. The molecule has 1 fully saturated rings. The molecule has 0 bridgehead atoms. The molecule has 1 saturated heterocycles. The van der Waals surface area contributed by atoms with Gasteiger partial charge in [0.15, 0.2) is 0 Å². The minimum absolute atomic E-state index is 0.145. The first-order valence-electron chi connectivity index (χ1n) is 7.69. The summed E-state index contributed by atoms with van der Waals surface area (Å²) in [7, 11) is 1.50. The fourth-order valence-corrected chi connectivity index (χ4v) is 3.40. The number of carbonyl (C=O) groups excluding carboxylic acids is 3. The third kappa shape index (κ3) is 4.00. The van der Waals surface area contributed by atoms with E-state index in [1.165, 1.54) is 12.0 Å². The smallest absolute Gasteiger partial charge is 0.289 e. The molecule has 1 aliphatic rings. The first-order chi connectivity index (χ1) is 12.5. The quantitative estimate of drug-likeness (QED) is 0.840. The van der Waals surface area contributed by atoms with E-state index < -0.39 is 0 Å². The van der Waals surface area contributed by atoms with Crippen LogP contribution in [0.25, 0.3) is 0 Å². The second-order valence-electron chi connectivity index (χ2n) is 5.53. The van der Waals surface area contributed by atoms with Gasteiger partial charge in [-0.1, -0.05) is 35.5 Å². The monoisotopic (exact) mass is 390 g/mol. The number of nitrogens with one attached hydrogen (secondary N) is 1. The number of hydrogen-bond donors (Lipinski definition) is 1. The van der Waals surface area contributed by atoms with Crippen LogP contribution in [0.3, 0.4) is 0 Å². The van der Waals surface area contributed by atoms with Crippen molar-refractivity contribution in [2.24, 2.45) is 0 Å². The van der Waals surface area contributed by atoms with Crippen molar-refractivity contribution in [1.82, 2.24) is 4.90 Å². The standard InChI is InChI=1S/C18H15ClN2O4S/c1-25-15-6-5-13(19)8-14(15)20-17(23)12-4-2-3-11(7-12)9-21-16(22)10-26-18(21)24/h2-8H,9-10H2,1H3,(H,20,23). The summed E-state index contributed by atoms with van der Waals surface area (Å²) in [6.07, 6.45) is 0. The van der Waals surface area contributed by atoms with E-state index in [9.17, 15) is 14.4 Å². The van der Waals surface area contributed by atoms with Crippen LogP contribution in [0, 0.1) is 0 Å². The van der Waals surface area contributed by atoms with Gasteiger partial charge in [0.05, 0.1) is 25.1 Å². The molecule has 1 heterocycles. The topological polar surface area (TPSA) is 75.7 Å². The zero-order valence-electron chi connectivity index (χ0n) is 13.8. The highest BCUT2D eigenvalue weighted by Gasteiger charge is 2.29. The molecule has 2 aromatic carbocycles. The predicted molar refractivity (Wildman–Crippen MR) is 101 cm³/mol. The van der Waals surface area contributed by atoms with E-state index in [2.05, 4.69) is 5.32 Å². The molecule has 3 amide bonds. The highest BCUT2D eigenvalue weighted by molar-refractivity contribution is 8.14. The number of thioether (sulfide) groups is 1. The maximum absolute atomic E-state index is 12.6. The summed E-state index contributed by atoms with van der Waals surface area (Å²) in [4.78, 5) is 37.2. The van der Waals surface area contributed by atoms with Gasteiger partial charge >= 0.3 is 0 Å². The average Bonchev–Trinajstić information content (AvgIpc) is 2.94. The van der Waals surface area contributed by atoms with Crippen LogP contribution in [0.5, 0.6) is 5.75 Å². The van der Waals surface area contributed by atoms with E-state index in [4.69, 9.17) is 16.3 Å². The van der Waals surface area contributed by atoms with Gasteiger partial charge in [0.2, 0.25) is 5.91 Å². The Labute approximate surface area is 159 Å². The molecule has 2 aromatic rings. The Morgan fingerprint density at radius 2 is 2.08 bits per heavy atom. The van der Waals surface area contributed by atoms with Crippen molar-refractivity contribution in [3.63, 3.8) is 0 Å². The average molecular weight is 391 g/mol. The molecule has 26 heavy (non-hydrogen) atoms. The molecule has 0 aromatic heterocycles. The SMILES string of the molecule is COc1ccc(Cl)cc1NC(=O)c1cccc(CN2C(=O)CSC2=O)c1. The van der Waals surface area contributed by atoms with Crippen LogP contribution in [0.15, 0.2) is 42.5 Å². The van der Waals surface area contributed by atoms with Crippen LogP contribution in [0.1, 0.15) is 15.9 Å². The summed E-state index contributed by atoms with van der Waals surface area (Å²) >= 11 is 6.95. The summed E-state index contributed by atoms with van der Waals surface area (Å²) < 4.78 is 5.22. The van der Waals surface area contributed by atoms with E-state index in [0.717, 1.165) is 11.8 Å². The van der Waals surface area contributed by atoms with Crippen molar-refractivity contribution < 1.29 is 19.1 Å². The number of halogens is 1. The fraction of sp³-hybridized carbons (Fsp3) is 0.167. The summed E-state index contributed by atoms with van der Waals surface area (Å²) in [6, 6.07) is 11.7. The molecule has 0 unspecified atom stereocenters. The lowest BCUT2D eigenvalue weighted by atomic mass is 10.1. The summed E-state index contributed by atoms with van der Waals surface area (Å²) in [6.45, 7) is 0.145. The third-order valence-electron chi connectivity index (χ3n) is 3.78. The maximum atomic E-state index is 12.6. The number of benzene rings is 2. The molecular formula is C18H15ClN2O4S. The molecule has 0 aliphatic carbocycles. The Bertz CT molecular complexity index is 871. The Hall–Kier alpha value is -2.51. The number of amides is 3. The van der Waals surface area contributed by atoms with Crippen molar-refractivity contribution in [3.05, 3.63) is 58.6 Å². The van der Waals surface area contributed by atoms with Crippen LogP contribution in [0.4, 0.5) is 10.5 Å². The lowest BCUT2D eigenvalue weighted by Gasteiger charge is -2.14. The number of imide groups is 1. The molecule has 0 saturated carbocycles. The van der Waals surface area contributed by atoms with Gasteiger partial charge < -0.3 is 10.1 Å². The van der Waals surface area contributed by atoms with E-state index in [-0.39, 0.29) is 29.4 Å². The largest absolute Gasteiger partial charge is 0.495 e. The summed E-state index contributed by atoms with van der Waals surface area (Å²) in [5.74, 6) is 0.0803. The Balaban J connectivity index is 1.77. The number of ether oxygens (including phenoxy) is 1. The van der Waals surface area contributed by atoms with Gasteiger partial charge in [0.25, 0.3) is 11.1 Å². The van der Waals surface area contributed by atoms with Gasteiger partial charge in [-0.15, -0.1) is 0 Å². The van der Waals surface area contributed by atoms with Crippen molar-refractivity contribution >= 4 is 46.1 Å². The molecule has 1 aliphatic heterocycles. The van der Waals surface area contributed by atoms with Crippen LogP contribution in [-0.2, 0) is 11.3 Å². The van der Waals surface area contributed by atoms with Gasteiger partial charge in [-0.2, -0.15) is 0 Å². The highest BCUT2D eigenvalue weighted by Crippen LogP contribution is 2.28. The lowest BCUT2D eigenvalue weighted by Crippen LogP contribution is -2.28. The van der Waals surface area contributed by atoms with Crippen LogP contribution in [-0.4, -0.2) is 34.8 Å². The van der Waals surface area contributed by atoms with E-state index in [0.29, 0.717) is 27.6 Å². The molecule has 3 rings (SSSR count). The molecule has 6 nitrogen and oxygen atoms in total. The lowest BCUT2D eigenvalue weighted by molar-refractivity contribution is -0.125. The highest BCUT2D eigenvalue weighted by atomic mass is 35.5. The molecule has 134 valence electrons. The second-order valence-corrected chi connectivity index (χ2v) is 6.90. The number of carbonyl (C=O) groups is 3. The van der Waals surface area contributed by atoms with Gasteiger partial charge in [-0.3, -0.25) is 19.3 Å². The van der Waals surface area contributed by atoms with Gasteiger partial charge in [-0.05, 0) is 35.9 Å². The molecule has 0 spiro atoms. The Morgan fingerprint density at radius 1 is 1.27 bits per heavy atom. The van der Waals surface area contributed by atoms with Crippen molar-refractivity contribution in [3.8, 4) is 5.75 Å². The van der Waals surface area contributed by atoms with Gasteiger partial charge in [0.1, 0.15) is 5.75 Å². The number of methoxy groups -OCH3 is 1. The number of nitrogens with zero attached hydrogens (tertiary/aromatic N) is 1. The summed E-state index contributed by atoms with van der Waals surface area (Å²) in [5.41, 5.74) is 1.55. The second kappa shape index (κ2) is 7.80. The number of hydrogen-bond acceptors (Lipinski definition) is 5. The predicted octanol–water partition coefficient (Wildman–Crippen LogP) is 3.80. The van der Waals surface area contributed by atoms with Crippen LogP contribution < -0.4 is 10.1 Å². The zero-order valence-corrected chi connectivity index (χ0v) is 15.4. The first-order valence-corrected chi connectivity index (χ1v) is 9.05. The van der Waals surface area contributed by atoms with Crippen LogP contribution in [0.2, 0.25) is 5.02 Å². The molecular weight excluding hydrogens is 376 g/mol. The van der Waals surface area contributed by atoms with Gasteiger partial charge in [-0.25, -0.2) is 0 Å². The molecule has 0 radical (unpaired) electrons. The third-order valence-corrected chi connectivity index (χ3v) is 4.87. The van der Waals surface area contributed by atoms with E-state index in [1.54, 1.807) is 42.5 Å². The molecule has 8 heteroatoms.